The van der Waals surface area contributed by atoms with E-state index in [1.54, 1.807) is 12.3 Å². The van der Waals surface area contributed by atoms with Crippen molar-refractivity contribution in [2.24, 2.45) is 0 Å². The predicted octanol–water partition coefficient (Wildman–Crippen LogP) is 3.66. The van der Waals surface area contributed by atoms with Crippen LogP contribution in [0.5, 0.6) is 0 Å². The third-order valence-corrected chi connectivity index (χ3v) is 3.39. The SMILES string of the molecule is O=[N+]([O-])c1cccnc1NCc1ccc(-c2cccnc2)cc1. The van der Waals surface area contributed by atoms with Gasteiger partial charge >= 0.3 is 5.69 Å². The van der Waals surface area contributed by atoms with Gasteiger partial charge in [-0.3, -0.25) is 15.1 Å². The molecule has 3 rings (SSSR count). The topological polar surface area (TPSA) is 81.0 Å². The van der Waals surface area contributed by atoms with Gasteiger partial charge in [-0.1, -0.05) is 30.3 Å². The first kappa shape index (κ1) is 14.6. The van der Waals surface area contributed by atoms with Crippen molar-refractivity contribution >= 4 is 11.5 Å². The lowest BCUT2D eigenvalue weighted by molar-refractivity contribution is -0.384. The molecule has 0 radical (unpaired) electrons. The molecule has 23 heavy (non-hydrogen) atoms. The summed E-state index contributed by atoms with van der Waals surface area (Å²) in [6.07, 6.45) is 5.08. The van der Waals surface area contributed by atoms with E-state index in [9.17, 15) is 10.1 Å². The zero-order chi connectivity index (χ0) is 16.1. The van der Waals surface area contributed by atoms with Crippen LogP contribution in [0.2, 0.25) is 0 Å². The Balaban J connectivity index is 1.71. The molecule has 114 valence electrons. The van der Waals surface area contributed by atoms with Crippen LogP contribution in [-0.2, 0) is 6.54 Å². The monoisotopic (exact) mass is 306 g/mol. The van der Waals surface area contributed by atoms with Crippen molar-refractivity contribution in [2.45, 2.75) is 6.54 Å². The molecule has 0 aliphatic carbocycles. The number of benzene rings is 1. The molecule has 6 nitrogen and oxygen atoms in total. The molecular formula is C17H14N4O2. The van der Waals surface area contributed by atoms with E-state index in [0.29, 0.717) is 6.54 Å². The Morgan fingerprint density at radius 1 is 1.00 bits per heavy atom. The molecule has 0 atom stereocenters. The number of hydrogen-bond donors (Lipinski definition) is 1. The van der Waals surface area contributed by atoms with Gasteiger partial charge in [0.25, 0.3) is 0 Å². The lowest BCUT2D eigenvalue weighted by Gasteiger charge is -2.07. The number of nitrogens with zero attached hydrogens (tertiary/aromatic N) is 3. The number of nitro groups is 1. The zero-order valence-corrected chi connectivity index (χ0v) is 12.2. The van der Waals surface area contributed by atoms with Crippen LogP contribution >= 0.6 is 0 Å². The molecule has 0 aliphatic rings. The highest BCUT2D eigenvalue weighted by Gasteiger charge is 2.13. The lowest BCUT2D eigenvalue weighted by atomic mass is 10.1. The molecule has 0 spiro atoms. The van der Waals surface area contributed by atoms with Crippen molar-refractivity contribution in [1.82, 2.24) is 9.97 Å². The van der Waals surface area contributed by atoms with E-state index in [1.165, 1.54) is 12.3 Å². The van der Waals surface area contributed by atoms with E-state index >= 15 is 0 Å². The minimum atomic E-state index is -0.444. The maximum Gasteiger partial charge on any atom is 0.311 e. The number of hydrogen-bond acceptors (Lipinski definition) is 5. The van der Waals surface area contributed by atoms with Crippen LogP contribution < -0.4 is 5.32 Å². The lowest BCUT2D eigenvalue weighted by Crippen LogP contribution is -2.04. The summed E-state index contributed by atoms with van der Waals surface area (Å²) < 4.78 is 0. The molecule has 0 saturated heterocycles. The van der Waals surface area contributed by atoms with E-state index in [1.807, 2.05) is 42.6 Å². The van der Waals surface area contributed by atoms with E-state index in [4.69, 9.17) is 0 Å². The maximum atomic E-state index is 11.0. The number of anilines is 1. The summed E-state index contributed by atoms with van der Waals surface area (Å²) in [5.74, 6) is 0.272. The fourth-order valence-corrected chi connectivity index (χ4v) is 2.21. The maximum absolute atomic E-state index is 11.0. The molecular weight excluding hydrogens is 292 g/mol. The summed E-state index contributed by atoms with van der Waals surface area (Å²) in [6, 6.07) is 14.8. The molecule has 6 heteroatoms. The standard InChI is InChI=1S/C17H14N4O2/c22-21(23)16-4-2-10-19-17(16)20-11-13-5-7-14(8-6-13)15-3-1-9-18-12-15/h1-10,12H,11H2,(H,19,20). The van der Waals surface area contributed by atoms with Crippen molar-refractivity contribution in [2.75, 3.05) is 5.32 Å². The summed E-state index contributed by atoms with van der Waals surface area (Å²) in [5, 5.41) is 14.0. The van der Waals surface area contributed by atoms with Crippen LogP contribution in [0, 0.1) is 10.1 Å². The molecule has 0 unspecified atom stereocenters. The van der Waals surface area contributed by atoms with Gasteiger partial charge in [-0.25, -0.2) is 4.98 Å². The smallest absolute Gasteiger partial charge is 0.311 e. The number of pyridine rings is 2. The van der Waals surface area contributed by atoms with Gasteiger partial charge in [0.05, 0.1) is 4.92 Å². The second kappa shape index (κ2) is 6.65. The molecule has 2 aromatic heterocycles. The molecule has 3 aromatic rings. The Kier molecular flexibility index (Phi) is 4.24. The minimum Gasteiger partial charge on any atom is -0.360 e. The Labute approximate surface area is 133 Å². The van der Waals surface area contributed by atoms with Crippen molar-refractivity contribution < 1.29 is 4.92 Å². The van der Waals surface area contributed by atoms with Gasteiger partial charge in [0, 0.05) is 31.2 Å². The Morgan fingerprint density at radius 2 is 1.78 bits per heavy atom. The first-order chi connectivity index (χ1) is 11.2. The predicted molar refractivity (Wildman–Crippen MR) is 87.9 cm³/mol. The summed E-state index contributed by atoms with van der Waals surface area (Å²) in [5.41, 5.74) is 3.11. The molecule has 1 N–H and O–H groups in total. The molecule has 0 aliphatic heterocycles. The van der Waals surface area contributed by atoms with E-state index in [-0.39, 0.29) is 11.5 Å². The third kappa shape index (κ3) is 3.49. The van der Waals surface area contributed by atoms with Crippen LogP contribution in [0.4, 0.5) is 11.5 Å². The first-order valence-electron chi connectivity index (χ1n) is 7.06. The highest BCUT2D eigenvalue weighted by atomic mass is 16.6. The summed E-state index contributed by atoms with van der Waals surface area (Å²) in [6.45, 7) is 0.463. The second-order valence-electron chi connectivity index (χ2n) is 4.92. The highest BCUT2D eigenvalue weighted by molar-refractivity contribution is 5.62. The minimum absolute atomic E-state index is 0.0283. The first-order valence-corrected chi connectivity index (χ1v) is 7.06. The Morgan fingerprint density at radius 3 is 2.48 bits per heavy atom. The number of aromatic nitrogens is 2. The fraction of sp³-hybridized carbons (Fsp3) is 0.0588. The Bertz CT molecular complexity index is 804. The number of nitrogens with one attached hydrogen (secondary N) is 1. The molecule has 0 fully saturated rings. The molecule has 0 amide bonds. The normalized spacial score (nSPS) is 10.3. The van der Waals surface area contributed by atoms with Gasteiger partial charge < -0.3 is 5.32 Å². The third-order valence-electron chi connectivity index (χ3n) is 3.39. The van der Waals surface area contributed by atoms with Gasteiger partial charge in [-0.15, -0.1) is 0 Å². The zero-order valence-electron chi connectivity index (χ0n) is 12.2. The van der Waals surface area contributed by atoms with Crippen molar-refractivity contribution in [3.05, 3.63) is 82.8 Å². The van der Waals surface area contributed by atoms with Crippen LogP contribution in [0.25, 0.3) is 11.1 Å². The molecule has 2 heterocycles. The van der Waals surface area contributed by atoms with Crippen molar-refractivity contribution in [3.63, 3.8) is 0 Å². The van der Waals surface area contributed by atoms with E-state index < -0.39 is 4.92 Å². The largest absolute Gasteiger partial charge is 0.360 e. The van der Waals surface area contributed by atoms with Gasteiger partial charge in [0.15, 0.2) is 0 Å². The Hall–Kier alpha value is -3.28. The van der Waals surface area contributed by atoms with Crippen LogP contribution in [0.3, 0.4) is 0 Å². The fourth-order valence-electron chi connectivity index (χ4n) is 2.21. The van der Waals surface area contributed by atoms with Gasteiger partial charge in [0.2, 0.25) is 5.82 Å². The van der Waals surface area contributed by atoms with Crippen LogP contribution in [-0.4, -0.2) is 14.9 Å². The van der Waals surface area contributed by atoms with E-state index in [0.717, 1.165) is 16.7 Å². The van der Waals surface area contributed by atoms with Gasteiger partial charge in [0.1, 0.15) is 0 Å². The summed E-state index contributed by atoms with van der Waals surface area (Å²) in [7, 11) is 0. The van der Waals surface area contributed by atoms with Gasteiger partial charge in [-0.2, -0.15) is 0 Å². The average Bonchev–Trinajstić information content (AvgIpc) is 2.61. The van der Waals surface area contributed by atoms with E-state index in [2.05, 4.69) is 15.3 Å². The quantitative estimate of drug-likeness (QED) is 0.574. The van der Waals surface area contributed by atoms with Crippen molar-refractivity contribution in [3.8, 4) is 11.1 Å². The van der Waals surface area contributed by atoms with Crippen LogP contribution in [0.15, 0.2) is 67.1 Å². The highest BCUT2D eigenvalue weighted by Crippen LogP contribution is 2.22. The van der Waals surface area contributed by atoms with Crippen molar-refractivity contribution in [1.29, 1.82) is 0 Å². The average molecular weight is 306 g/mol. The molecule has 1 aromatic carbocycles. The molecule has 0 bridgehead atoms. The second-order valence-corrected chi connectivity index (χ2v) is 4.92. The number of rotatable bonds is 5. The summed E-state index contributed by atoms with van der Waals surface area (Å²) >= 11 is 0. The van der Waals surface area contributed by atoms with Gasteiger partial charge in [-0.05, 0) is 28.8 Å². The summed E-state index contributed by atoms with van der Waals surface area (Å²) in [4.78, 5) is 18.6. The van der Waals surface area contributed by atoms with Crippen LogP contribution in [0.1, 0.15) is 5.56 Å². The molecule has 0 saturated carbocycles.